The number of carbonyl (C=O) groups excluding carboxylic acids is 1. The van der Waals surface area contributed by atoms with E-state index in [9.17, 15) is 4.79 Å². The molecule has 1 aromatic carbocycles. The van der Waals surface area contributed by atoms with Crippen molar-refractivity contribution >= 4 is 23.2 Å². The van der Waals surface area contributed by atoms with Crippen molar-refractivity contribution in [2.75, 3.05) is 5.73 Å². The molecule has 0 spiro atoms. The lowest BCUT2D eigenvalue weighted by atomic mass is 10.1. The third-order valence-corrected chi connectivity index (χ3v) is 2.91. The maximum absolute atomic E-state index is 12.1. The molecular formula is C13H13ClN2O2. The number of furan rings is 1. The summed E-state index contributed by atoms with van der Waals surface area (Å²) in [6, 6.07) is 8.28. The molecule has 1 aromatic heterocycles. The largest absolute Gasteiger partial charge is 0.467 e. The fourth-order valence-electron chi connectivity index (χ4n) is 1.66. The first kappa shape index (κ1) is 12.5. The molecule has 94 valence electrons. The first-order valence-electron chi connectivity index (χ1n) is 5.48. The van der Waals surface area contributed by atoms with E-state index in [-0.39, 0.29) is 17.5 Å². The number of carbonyl (C=O) groups is 1. The number of benzene rings is 1. The van der Waals surface area contributed by atoms with Crippen molar-refractivity contribution in [2.45, 2.75) is 13.0 Å². The van der Waals surface area contributed by atoms with Gasteiger partial charge >= 0.3 is 0 Å². The minimum absolute atomic E-state index is 0.247. The number of nitrogen functional groups attached to an aromatic ring is 1. The summed E-state index contributed by atoms with van der Waals surface area (Å²) in [4.78, 5) is 12.1. The second-order valence-electron chi connectivity index (χ2n) is 3.91. The Balaban J connectivity index is 2.18. The minimum Gasteiger partial charge on any atom is -0.467 e. The molecule has 1 unspecified atom stereocenters. The average Bonchev–Trinajstić information content (AvgIpc) is 2.81. The van der Waals surface area contributed by atoms with Crippen molar-refractivity contribution in [3.05, 3.63) is 52.9 Å². The summed E-state index contributed by atoms with van der Waals surface area (Å²) in [5.41, 5.74) is 6.39. The number of anilines is 1. The van der Waals surface area contributed by atoms with Crippen LogP contribution in [0.15, 0.2) is 41.0 Å². The van der Waals surface area contributed by atoms with Gasteiger partial charge in [-0.05, 0) is 31.2 Å². The minimum atomic E-state index is -0.318. The van der Waals surface area contributed by atoms with Crippen molar-refractivity contribution in [2.24, 2.45) is 0 Å². The van der Waals surface area contributed by atoms with E-state index < -0.39 is 0 Å². The van der Waals surface area contributed by atoms with Crippen LogP contribution in [0.2, 0.25) is 5.02 Å². The van der Waals surface area contributed by atoms with Crippen LogP contribution in [0.5, 0.6) is 0 Å². The van der Waals surface area contributed by atoms with E-state index >= 15 is 0 Å². The van der Waals surface area contributed by atoms with E-state index in [0.29, 0.717) is 16.5 Å². The van der Waals surface area contributed by atoms with Gasteiger partial charge in [-0.1, -0.05) is 17.7 Å². The van der Waals surface area contributed by atoms with Gasteiger partial charge in [0.1, 0.15) is 5.76 Å². The first-order chi connectivity index (χ1) is 8.59. The molecule has 0 saturated carbocycles. The summed E-state index contributed by atoms with van der Waals surface area (Å²) in [5, 5.41) is 3.12. The SMILES string of the molecule is CC(NC(=O)c1c(N)cccc1Cl)c1ccco1. The third kappa shape index (κ3) is 2.49. The molecule has 2 aromatic rings. The maximum atomic E-state index is 12.1. The summed E-state index contributed by atoms with van der Waals surface area (Å²) in [5.74, 6) is 0.357. The normalized spacial score (nSPS) is 12.1. The molecule has 0 fully saturated rings. The Morgan fingerprint density at radius 3 is 2.78 bits per heavy atom. The van der Waals surface area contributed by atoms with E-state index in [1.807, 2.05) is 6.92 Å². The highest BCUT2D eigenvalue weighted by Gasteiger charge is 2.17. The lowest BCUT2D eigenvalue weighted by molar-refractivity contribution is 0.0936. The zero-order valence-corrected chi connectivity index (χ0v) is 10.6. The molecule has 0 radical (unpaired) electrons. The number of nitrogens with one attached hydrogen (secondary N) is 1. The third-order valence-electron chi connectivity index (χ3n) is 2.59. The molecule has 1 atom stereocenters. The molecule has 0 aliphatic carbocycles. The average molecular weight is 265 g/mol. The van der Waals surface area contributed by atoms with Crippen LogP contribution in [0.25, 0.3) is 0 Å². The molecule has 1 heterocycles. The zero-order chi connectivity index (χ0) is 13.1. The number of halogens is 1. The Morgan fingerprint density at radius 1 is 1.39 bits per heavy atom. The predicted octanol–water partition coefficient (Wildman–Crippen LogP) is 3.01. The van der Waals surface area contributed by atoms with Crippen LogP contribution >= 0.6 is 11.6 Å². The second kappa shape index (κ2) is 5.14. The summed E-state index contributed by atoms with van der Waals surface area (Å²) in [6.07, 6.45) is 1.56. The van der Waals surface area contributed by atoms with Crippen LogP contribution < -0.4 is 11.1 Å². The molecule has 0 bridgehead atoms. The monoisotopic (exact) mass is 264 g/mol. The van der Waals surface area contributed by atoms with E-state index in [4.69, 9.17) is 21.8 Å². The van der Waals surface area contributed by atoms with E-state index in [1.54, 1.807) is 36.6 Å². The number of hydrogen-bond donors (Lipinski definition) is 2. The summed E-state index contributed by atoms with van der Waals surface area (Å²) in [7, 11) is 0. The second-order valence-corrected chi connectivity index (χ2v) is 4.32. The summed E-state index contributed by atoms with van der Waals surface area (Å²) >= 11 is 5.97. The van der Waals surface area contributed by atoms with Gasteiger partial charge in [0.05, 0.1) is 22.9 Å². The lowest BCUT2D eigenvalue weighted by Crippen LogP contribution is -2.27. The molecule has 1 amide bonds. The summed E-state index contributed by atoms with van der Waals surface area (Å²) in [6.45, 7) is 1.82. The van der Waals surface area contributed by atoms with Gasteiger partial charge in [-0.25, -0.2) is 0 Å². The van der Waals surface area contributed by atoms with E-state index in [2.05, 4.69) is 5.32 Å². The highest BCUT2D eigenvalue weighted by Crippen LogP contribution is 2.23. The Labute approximate surface area is 110 Å². The molecule has 2 rings (SSSR count). The smallest absolute Gasteiger partial charge is 0.255 e. The Kier molecular flexibility index (Phi) is 3.58. The molecular weight excluding hydrogens is 252 g/mol. The van der Waals surface area contributed by atoms with Gasteiger partial charge in [-0.15, -0.1) is 0 Å². The van der Waals surface area contributed by atoms with Gasteiger partial charge in [0.25, 0.3) is 5.91 Å². The van der Waals surface area contributed by atoms with Crippen molar-refractivity contribution in [3.63, 3.8) is 0 Å². The number of nitrogens with two attached hydrogens (primary N) is 1. The predicted molar refractivity (Wildman–Crippen MR) is 70.5 cm³/mol. The highest BCUT2D eigenvalue weighted by atomic mass is 35.5. The van der Waals surface area contributed by atoms with Gasteiger partial charge < -0.3 is 15.5 Å². The van der Waals surface area contributed by atoms with Crippen molar-refractivity contribution < 1.29 is 9.21 Å². The van der Waals surface area contributed by atoms with Crippen LogP contribution in [0.1, 0.15) is 29.1 Å². The van der Waals surface area contributed by atoms with Gasteiger partial charge in [0.15, 0.2) is 0 Å². The van der Waals surface area contributed by atoms with Crippen LogP contribution in [-0.2, 0) is 0 Å². The number of amides is 1. The maximum Gasteiger partial charge on any atom is 0.255 e. The molecule has 18 heavy (non-hydrogen) atoms. The number of hydrogen-bond acceptors (Lipinski definition) is 3. The standard InChI is InChI=1S/C13H13ClN2O2/c1-8(11-6-3-7-18-11)16-13(17)12-9(14)4-2-5-10(12)15/h2-8H,15H2,1H3,(H,16,17). The zero-order valence-electron chi connectivity index (χ0n) is 9.81. The molecule has 4 nitrogen and oxygen atoms in total. The van der Waals surface area contributed by atoms with E-state index in [0.717, 1.165) is 0 Å². The quantitative estimate of drug-likeness (QED) is 0.838. The van der Waals surface area contributed by atoms with Crippen molar-refractivity contribution in [3.8, 4) is 0 Å². The van der Waals surface area contributed by atoms with Crippen LogP contribution in [-0.4, -0.2) is 5.91 Å². The van der Waals surface area contributed by atoms with Crippen molar-refractivity contribution in [1.82, 2.24) is 5.32 Å². The van der Waals surface area contributed by atoms with Crippen LogP contribution in [0.3, 0.4) is 0 Å². The lowest BCUT2D eigenvalue weighted by Gasteiger charge is -2.13. The van der Waals surface area contributed by atoms with Crippen molar-refractivity contribution in [1.29, 1.82) is 0 Å². The van der Waals surface area contributed by atoms with Gasteiger partial charge in [0.2, 0.25) is 0 Å². The highest BCUT2D eigenvalue weighted by molar-refractivity contribution is 6.34. The van der Waals surface area contributed by atoms with Crippen LogP contribution in [0.4, 0.5) is 5.69 Å². The molecule has 5 heteroatoms. The fraction of sp³-hybridized carbons (Fsp3) is 0.154. The van der Waals surface area contributed by atoms with Gasteiger partial charge in [-0.3, -0.25) is 4.79 Å². The Bertz CT molecular complexity index is 532. The van der Waals surface area contributed by atoms with Gasteiger partial charge in [-0.2, -0.15) is 0 Å². The van der Waals surface area contributed by atoms with Gasteiger partial charge in [0, 0.05) is 5.69 Å². The number of rotatable bonds is 3. The first-order valence-corrected chi connectivity index (χ1v) is 5.85. The van der Waals surface area contributed by atoms with E-state index in [1.165, 1.54) is 0 Å². The molecule has 3 N–H and O–H groups in total. The Morgan fingerprint density at radius 2 is 2.17 bits per heavy atom. The van der Waals surface area contributed by atoms with Crippen LogP contribution in [0, 0.1) is 0 Å². The molecule has 0 aliphatic rings. The fourth-order valence-corrected chi connectivity index (χ4v) is 1.93. The molecule has 0 saturated heterocycles. The topological polar surface area (TPSA) is 68.3 Å². The summed E-state index contributed by atoms with van der Waals surface area (Å²) < 4.78 is 5.21. The Hall–Kier alpha value is -1.94. The molecule has 0 aliphatic heterocycles.